The molecule has 2 aromatic heterocycles. The number of benzene rings is 2. The van der Waals surface area contributed by atoms with Crippen molar-refractivity contribution in [3.8, 4) is 0 Å². The standard InChI is InChI=1S/C21H26N4O2S.C15H16ClN3.C7H13NO2S.C2H4Cl2/c1-16-12-20-19(14-24(16)13-17-6-4-3-5-7-17)21(23-15-22-20)18-8-10-25(11-9-18)28(2,26)27;1-11-7-14-13(15(16)18-10-17-14)9-19(11)8-12-5-3-2-4-6-12;1-7-3-5-8(6-4-7)11(2,9)10;1-2(3)4/h3-8,15-16H,9-14H2,1-2H3;2-6,10-11H,7-9H2,1H3;3H,4-6H2,1-2H3;2H,1H3/t16-;11-;;/m11../s1. The Labute approximate surface area is 384 Å². The molecule has 0 radical (unpaired) electrons. The molecule has 0 bridgehead atoms. The fraction of sp³-hybridized carbons (Fsp3) is 0.467. The Balaban J connectivity index is 0.000000183. The molecule has 4 aliphatic heterocycles. The van der Waals surface area contributed by atoms with Crippen LogP contribution in [-0.2, 0) is 59.1 Å². The van der Waals surface area contributed by atoms with Crippen LogP contribution in [0.1, 0.15) is 79.9 Å². The number of alkyl halides is 2. The quantitative estimate of drug-likeness (QED) is 0.102. The van der Waals surface area contributed by atoms with Crippen LogP contribution in [0.25, 0.3) is 5.57 Å². The van der Waals surface area contributed by atoms with Crippen molar-refractivity contribution in [2.24, 2.45) is 0 Å². The highest BCUT2D eigenvalue weighted by Crippen LogP contribution is 2.32. The van der Waals surface area contributed by atoms with E-state index >= 15 is 0 Å². The molecule has 8 rings (SSSR count). The van der Waals surface area contributed by atoms with Crippen LogP contribution in [0.5, 0.6) is 0 Å². The summed E-state index contributed by atoms with van der Waals surface area (Å²) in [5.74, 6) is 0. The second-order valence-corrected chi connectivity index (χ2v) is 22.0. The fourth-order valence-electron chi connectivity index (χ4n) is 7.64. The van der Waals surface area contributed by atoms with E-state index < -0.39 is 20.0 Å². The van der Waals surface area contributed by atoms with E-state index in [1.165, 1.54) is 43.4 Å². The lowest BCUT2D eigenvalue weighted by atomic mass is 9.93. The number of hydrogen-bond acceptors (Lipinski definition) is 10. The van der Waals surface area contributed by atoms with Gasteiger partial charge in [0.1, 0.15) is 22.6 Å². The Bertz CT molecular complexity index is 2370. The summed E-state index contributed by atoms with van der Waals surface area (Å²) in [6, 6.07) is 21.9. The van der Waals surface area contributed by atoms with Gasteiger partial charge in [-0.05, 0) is 57.2 Å². The van der Waals surface area contributed by atoms with Crippen molar-refractivity contribution in [1.82, 2.24) is 38.3 Å². The van der Waals surface area contributed by atoms with Crippen molar-refractivity contribution < 1.29 is 16.8 Å². The summed E-state index contributed by atoms with van der Waals surface area (Å²) in [7, 11) is -6.11. The van der Waals surface area contributed by atoms with Gasteiger partial charge in [0.15, 0.2) is 0 Å². The van der Waals surface area contributed by atoms with Crippen molar-refractivity contribution in [2.75, 3.05) is 38.7 Å². The van der Waals surface area contributed by atoms with Gasteiger partial charge in [0, 0.05) is 88.4 Å². The average molecular weight is 947 g/mol. The van der Waals surface area contributed by atoms with E-state index in [9.17, 15) is 16.8 Å². The van der Waals surface area contributed by atoms with Crippen LogP contribution in [0, 0.1) is 0 Å². The molecule has 0 saturated carbocycles. The summed E-state index contributed by atoms with van der Waals surface area (Å²) in [6.07, 6.45) is 13.1. The summed E-state index contributed by atoms with van der Waals surface area (Å²) < 4.78 is 48.5. The Kier molecular flexibility index (Phi) is 18.5. The van der Waals surface area contributed by atoms with E-state index in [1.807, 2.05) is 31.2 Å². The Hall–Kier alpha value is -3.31. The van der Waals surface area contributed by atoms with E-state index in [0.717, 1.165) is 73.7 Å². The van der Waals surface area contributed by atoms with Crippen LogP contribution >= 0.6 is 34.8 Å². The van der Waals surface area contributed by atoms with Crippen molar-refractivity contribution in [1.29, 1.82) is 0 Å². The molecule has 2 atom stereocenters. The molecule has 0 aliphatic carbocycles. The Morgan fingerprint density at radius 2 is 1.13 bits per heavy atom. The fourth-order valence-corrected chi connectivity index (χ4v) is 9.39. The number of aromatic nitrogens is 4. The number of hydrogen-bond donors (Lipinski definition) is 0. The lowest BCUT2D eigenvalue weighted by molar-refractivity contribution is 0.172. The van der Waals surface area contributed by atoms with Gasteiger partial charge in [-0.15, -0.1) is 23.2 Å². The number of rotatable bonds is 7. The third-order valence-corrected chi connectivity index (χ3v) is 14.1. The zero-order valence-corrected chi connectivity index (χ0v) is 40.4. The summed E-state index contributed by atoms with van der Waals surface area (Å²) >= 11 is 16.3. The van der Waals surface area contributed by atoms with Gasteiger partial charge in [-0.1, -0.05) is 90.0 Å². The molecule has 4 aliphatic rings. The van der Waals surface area contributed by atoms with Gasteiger partial charge in [-0.2, -0.15) is 8.61 Å². The van der Waals surface area contributed by atoms with Crippen LogP contribution in [0.15, 0.2) is 91.0 Å². The summed E-state index contributed by atoms with van der Waals surface area (Å²) in [4.78, 5) is 22.3. The van der Waals surface area contributed by atoms with E-state index in [-0.39, 0.29) is 4.84 Å². The minimum absolute atomic E-state index is 0.222. The highest BCUT2D eigenvalue weighted by atomic mass is 35.5. The van der Waals surface area contributed by atoms with Gasteiger partial charge in [0.25, 0.3) is 0 Å². The number of sulfonamides is 2. The van der Waals surface area contributed by atoms with Crippen LogP contribution in [0.4, 0.5) is 0 Å². The normalized spacial score (nSPS) is 19.8. The highest BCUT2D eigenvalue weighted by Gasteiger charge is 2.29. The van der Waals surface area contributed by atoms with E-state index in [0.29, 0.717) is 49.8 Å². The van der Waals surface area contributed by atoms with E-state index in [2.05, 4.69) is 92.1 Å². The van der Waals surface area contributed by atoms with Crippen molar-refractivity contribution in [3.63, 3.8) is 0 Å². The highest BCUT2D eigenvalue weighted by molar-refractivity contribution is 7.88. The molecule has 0 saturated heterocycles. The maximum absolute atomic E-state index is 11.8. The van der Waals surface area contributed by atoms with Crippen molar-refractivity contribution in [3.05, 3.63) is 136 Å². The van der Waals surface area contributed by atoms with Crippen LogP contribution in [0.3, 0.4) is 0 Å². The first-order chi connectivity index (χ1) is 29.4. The molecule has 17 heteroatoms. The third kappa shape index (κ3) is 14.9. The predicted octanol–water partition coefficient (Wildman–Crippen LogP) is 7.96. The first kappa shape index (κ1) is 49.7. The second kappa shape index (κ2) is 23.0. The minimum atomic E-state index is -3.15. The SMILES string of the molecule is CC(Cl)Cl.CC1=CCN(S(C)(=O)=O)CC1.C[C@@H]1Cc2ncnc(C3=CCN(S(C)(=O)=O)CC3)c2CN1Cc1ccccc1.C[C@@H]1Cc2ncnc(Cl)c2CN1Cc1ccccc1. The number of halogens is 3. The van der Waals surface area contributed by atoms with Crippen LogP contribution < -0.4 is 0 Å². The molecule has 6 heterocycles. The minimum Gasteiger partial charge on any atom is -0.292 e. The number of nitrogens with zero attached hydrogens (tertiary/aromatic N) is 8. The average Bonchev–Trinajstić information content (AvgIpc) is 3.22. The Morgan fingerprint density at radius 1 is 0.677 bits per heavy atom. The smallest absolute Gasteiger partial charge is 0.211 e. The molecular formula is C45H59Cl3N8O4S2. The number of fused-ring (bicyclic) bond motifs is 2. The largest absolute Gasteiger partial charge is 0.292 e. The van der Waals surface area contributed by atoms with Crippen LogP contribution in [0.2, 0.25) is 5.15 Å². The molecular weight excluding hydrogens is 887 g/mol. The third-order valence-electron chi connectivity index (χ3n) is 11.2. The molecule has 2 aromatic carbocycles. The molecule has 0 N–H and O–H groups in total. The summed E-state index contributed by atoms with van der Waals surface area (Å²) in [5, 5.41) is 0.593. The molecule has 0 fully saturated rings. The van der Waals surface area contributed by atoms with Crippen molar-refractivity contribution in [2.45, 2.75) is 96.5 Å². The maximum atomic E-state index is 11.8. The lowest BCUT2D eigenvalue weighted by Gasteiger charge is -2.35. The first-order valence-electron chi connectivity index (χ1n) is 20.8. The summed E-state index contributed by atoms with van der Waals surface area (Å²) in [6.45, 7) is 13.8. The molecule has 12 nitrogen and oxygen atoms in total. The molecule has 0 amide bonds. The van der Waals surface area contributed by atoms with Crippen LogP contribution in [-0.4, -0.2) is 111 Å². The molecule has 62 heavy (non-hydrogen) atoms. The molecule has 0 unspecified atom stereocenters. The van der Waals surface area contributed by atoms with Gasteiger partial charge in [-0.3, -0.25) is 9.80 Å². The van der Waals surface area contributed by atoms with E-state index in [4.69, 9.17) is 34.8 Å². The zero-order chi connectivity index (χ0) is 45.0. The maximum Gasteiger partial charge on any atom is 0.211 e. The van der Waals surface area contributed by atoms with Gasteiger partial charge in [-0.25, -0.2) is 36.8 Å². The summed E-state index contributed by atoms with van der Waals surface area (Å²) in [5.41, 5.74) is 10.5. The second-order valence-electron chi connectivity index (χ2n) is 16.2. The topological polar surface area (TPSA) is 133 Å². The van der Waals surface area contributed by atoms with Gasteiger partial charge < -0.3 is 0 Å². The molecule has 4 aromatic rings. The zero-order valence-electron chi connectivity index (χ0n) is 36.5. The van der Waals surface area contributed by atoms with Gasteiger partial charge in [0.05, 0.1) is 29.6 Å². The van der Waals surface area contributed by atoms with Gasteiger partial charge in [0.2, 0.25) is 20.0 Å². The first-order valence-corrected chi connectivity index (χ1v) is 25.7. The monoisotopic (exact) mass is 944 g/mol. The van der Waals surface area contributed by atoms with Crippen molar-refractivity contribution >= 4 is 60.4 Å². The lowest BCUT2D eigenvalue weighted by Crippen LogP contribution is -2.39. The Morgan fingerprint density at radius 3 is 1.58 bits per heavy atom. The molecule has 336 valence electrons. The van der Waals surface area contributed by atoms with Gasteiger partial charge >= 0.3 is 0 Å². The molecule has 0 spiro atoms. The van der Waals surface area contributed by atoms with E-state index in [1.54, 1.807) is 19.6 Å². The predicted molar refractivity (Wildman–Crippen MR) is 252 cm³/mol.